The average Bonchev–Trinajstić information content (AvgIpc) is 3.70. The molecule has 1 aliphatic heterocycles. The number of carbonyl (C=O) groups is 1. The van der Waals surface area contributed by atoms with Crippen LogP contribution in [0.1, 0.15) is 23.7 Å². The Morgan fingerprint density at radius 3 is 2.71 bits per heavy atom. The van der Waals surface area contributed by atoms with Crippen LogP contribution in [0.15, 0.2) is 82.1 Å². The van der Waals surface area contributed by atoms with Crippen molar-refractivity contribution in [2.45, 2.75) is 30.1 Å². The number of ether oxygens (including phenoxy) is 3. The topological polar surface area (TPSA) is 143 Å². The molecule has 2 unspecified atom stereocenters. The number of hydrogen-bond donors (Lipinski definition) is 3. The molecule has 2 aromatic carbocycles. The van der Waals surface area contributed by atoms with E-state index >= 15 is 0 Å². The fourth-order valence-electron chi connectivity index (χ4n) is 4.62. The molecule has 2 atom stereocenters. The number of sulfonamides is 1. The molecule has 222 valence electrons. The van der Waals surface area contributed by atoms with E-state index in [1.807, 2.05) is 41.1 Å². The Hall–Kier alpha value is -3.75. The number of aliphatic hydroxyl groups excluding tert-OH is 1. The van der Waals surface area contributed by atoms with Gasteiger partial charge in [0, 0.05) is 25.4 Å². The Kier molecular flexibility index (Phi) is 9.55. The van der Waals surface area contributed by atoms with Crippen LogP contribution >= 0.6 is 11.3 Å². The summed E-state index contributed by atoms with van der Waals surface area (Å²) in [5, 5.41) is 16.4. The van der Waals surface area contributed by atoms with Gasteiger partial charge < -0.3 is 29.6 Å². The fraction of sp³-hybridized carbons (Fsp3) is 0.310. The summed E-state index contributed by atoms with van der Waals surface area (Å²) in [5.74, 6) is 0.736. The van der Waals surface area contributed by atoms with Gasteiger partial charge in [-0.25, -0.2) is 13.4 Å². The first-order valence-corrected chi connectivity index (χ1v) is 15.7. The van der Waals surface area contributed by atoms with Gasteiger partial charge in [-0.05, 0) is 64.9 Å². The smallest absolute Gasteiger partial charge is 0.286 e. The van der Waals surface area contributed by atoms with Crippen LogP contribution < -0.4 is 10.1 Å². The maximum absolute atomic E-state index is 13.2. The normalized spacial score (nSPS) is 17.2. The van der Waals surface area contributed by atoms with E-state index in [9.17, 15) is 18.3 Å². The van der Waals surface area contributed by atoms with Gasteiger partial charge in [-0.1, -0.05) is 12.1 Å². The van der Waals surface area contributed by atoms with Crippen LogP contribution in [0.3, 0.4) is 0 Å². The Balaban J connectivity index is 1.23. The zero-order valence-electron chi connectivity index (χ0n) is 22.9. The zero-order chi connectivity index (χ0) is 29.5. The summed E-state index contributed by atoms with van der Waals surface area (Å²) in [4.78, 5) is 20.9. The number of carbonyl (C=O) groups excluding carboxylic acids is 1. The van der Waals surface area contributed by atoms with Crippen LogP contribution in [0.5, 0.6) is 5.75 Å². The molecule has 5 rings (SSSR count). The second-order valence-electron chi connectivity index (χ2n) is 9.53. The number of benzene rings is 2. The molecular formula is C29H32N4O7S2. The lowest BCUT2D eigenvalue weighted by molar-refractivity contribution is -0.146. The Bertz CT molecular complexity index is 1590. The summed E-state index contributed by atoms with van der Waals surface area (Å²) in [6.45, 7) is -0.300. The van der Waals surface area contributed by atoms with E-state index in [0.29, 0.717) is 18.0 Å². The first kappa shape index (κ1) is 29.7. The number of amides is 1. The highest BCUT2D eigenvalue weighted by Gasteiger charge is 2.30. The van der Waals surface area contributed by atoms with E-state index in [2.05, 4.69) is 15.3 Å². The minimum Gasteiger partial charge on any atom is -0.497 e. The van der Waals surface area contributed by atoms with Crippen molar-refractivity contribution in [2.75, 3.05) is 33.4 Å². The van der Waals surface area contributed by atoms with E-state index in [4.69, 9.17) is 14.2 Å². The van der Waals surface area contributed by atoms with Crippen molar-refractivity contribution < 1.29 is 32.5 Å². The van der Waals surface area contributed by atoms with Gasteiger partial charge in [-0.2, -0.15) is 15.6 Å². The minimum absolute atomic E-state index is 0.00963. The third-order valence-electron chi connectivity index (χ3n) is 6.80. The highest BCUT2D eigenvalue weighted by molar-refractivity contribution is 7.89. The lowest BCUT2D eigenvalue weighted by atomic mass is 9.95. The summed E-state index contributed by atoms with van der Waals surface area (Å²) in [7, 11) is -2.39. The number of nitrogens with one attached hydrogen (secondary N) is 2. The SMILES string of the molecule is COc1ccc(S(=O)(=O)N(CCO)CCOC2CC(c3ccsc3)C=C(C(=O)NCc3nc4ccccc4[nH]3)O2)cc1. The third kappa shape index (κ3) is 6.99. The molecule has 0 saturated heterocycles. The summed E-state index contributed by atoms with van der Waals surface area (Å²) in [6.07, 6.45) is 1.44. The van der Waals surface area contributed by atoms with Gasteiger partial charge in [0.05, 0.1) is 42.8 Å². The first-order valence-electron chi connectivity index (χ1n) is 13.4. The van der Waals surface area contributed by atoms with Gasteiger partial charge in [0.15, 0.2) is 5.76 Å². The second kappa shape index (κ2) is 13.5. The highest BCUT2D eigenvalue weighted by Crippen LogP contribution is 2.32. The quantitative estimate of drug-likeness (QED) is 0.209. The zero-order valence-corrected chi connectivity index (χ0v) is 24.6. The van der Waals surface area contributed by atoms with Gasteiger partial charge in [-0.3, -0.25) is 4.79 Å². The number of hydrogen-bond acceptors (Lipinski definition) is 9. The van der Waals surface area contributed by atoms with E-state index in [-0.39, 0.29) is 49.4 Å². The van der Waals surface area contributed by atoms with Gasteiger partial charge in [-0.15, -0.1) is 0 Å². The molecule has 0 radical (unpaired) electrons. The van der Waals surface area contributed by atoms with Crippen molar-refractivity contribution in [3.63, 3.8) is 0 Å². The Morgan fingerprint density at radius 2 is 2.00 bits per heavy atom. The van der Waals surface area contributed by atoms with E-state index in [1.165, 1.54) is 19.2 Å². The van der Waals surface area contributed by atoms with Crippen LogP contribution in [-0.2, 0) is 30.8 Å². The van der Waals surface area contributed by atoms with Gasteiger partial charge in [0.2, 0.25) is 16.3 Å². The molecule has 13 heteroatoms. The maximum atomic E-state index is 13.2. The molecule has 4 aromatic rings. The predicted octanol–water partition coefficient (Wildman–Crippen LogP) is 3.36. The van der Waals surface area contributed by atoms with Crippen molar-refractivity contribution in [3.05, 3.63) is 88.6 Å². The van der Waals surface area contributed by atoms with Crippen LogP contribution in [0.2, 0.25) is 0 Å². The number of aromatic nitrogens is 2. The molecule has 3 heterocycles. The molecule has 0 bridgehead atoms. The fourth-order valence-corrected chi connectivity index (χ4v) is 6.76. The van der Waals surface area contributed by atoms with E-state index in [1.54, 1.807) is 29.5 Å². The van der Waals surface area contributed by atoms with Crippen LogP contribution in [0.4, 0.5) is 0 Å². The summed E-state index contributed by atoms with van der Waals surface area (Å²) in [5.41, 5.74) is 2.72. The number of fused-ring (bicyclic) bond motifs is 1. The Labute approximate surface area is 247 Å². The summed E-state index contributed by atoms with van der Waals surface area (Å²) in [6, 6.07) is 15.6. The number of aliphatic hydroxyl groups is 1. The standard InChI is InChI=1S/C29H32N4O7S2/c1-38-22-6-8-23(9-7-22)42(36,37)33(11-13-34)12-14-39-28-17-21(20-10-15-41-19-20)16-26(40-28)29(35)30-18-27-31-24-4-2-3-5-25(24)32-27/h2-10,15-16,19,21,28,34H,11-14,17-18H2,1H3,(H,30,35)(H,31,32). The number of aromatic amines is 1. The molecule has 2 aromatic heterocycles. The monoisotopic (exact) mass is 612 g/mol. The van der Waals surface area contributed by atoms with Crippen molar-refractivity contribution in [1.29, 1.82) is 0 Å². The molecule has 1 amide bonds. The van der Waals surface area contributed by atoms with Crippen molar-refractivity contribution in [2.24, 2.45) is 0 Å². The second-order valence-corrected chi connectivity index (χ2v) is 12.3. The van der Waals surface area contributed by atoms with E-state index in [0.717, 1.165) is 20.9 Å². The molecule has 0 fully saturated rings. The molecule has 11 nitrogen and oxygen atoms in total. The summed E-state index contributed by atoms with van der Waals surface area (Å²) < 4.78 is 44.6. The summed E-state index contributed by atoms with van der Waals surface area (Å²) >= 11 is 1.55. The number of nitrogens with zero attached hydrogens (tertiary/aromatic N) is 2. The van der Waals surface area contributed by atoms with Crippen LogP contribution in [0, 0.1) is 0 Å². The molecule has 0 aliphatic carbocycles. The molecule has 0 spiro atoms. The Morgan fingerprint density at radius 1 is 1.19 bits per heavy atom. The van der Waals surface area contributed by atoms with E-state index < -0.39 is 22.2 Å². The third-order valence-corrected chi connectivity index (χ3v) is 9.41. The molecule has 3 N–H and O–H groups in total. The predicted molar refractivity (Wildman–Crippen MR) is 157 cm³/mol. The lowest BCUT2D eigenvalue weighted by Gasteiger charge is -2.29. The molecule has 1 aliphatic rings. The van der Waals surface area contributed by atoms with Crippen molar-refractivity contribution in [1.82, 2.24) is 19.6 Å². The molecular weight excluding hydrogens is 580 g/mol. The van der Waals surface area contributed by atoms with Gasteiger partial charge in [0.25, 0.3) is 5.91 Å². The number of allylic oxidation sites excluding steroid dienone is 1. The number of imidazole rings is 1. The number of para-hydroxylation sites is 2. The largest absolute Gasteiger partial charge is 0.497 e. The number of thiophene rings is 1. The molecule has 42 heavy (non-hydrogen) atoms. The number of H-pyrrole nitrogens is 1. The van der Waals surface area contributed by atoms with Gasteiger partial charge >= 0.3 is 0 Å². The first-order chi connectivity index (χ1) is 20.4. The van der Waals surface area contributed by atoms with Crippen LogP contribution in [0.25, 0.3) is 11.0 Å². The lowest BCUT2D eigenvalue weighted by Crippen LogP contribution is -2.38. The van der Waals surface area contributed by atoms with Gasteiger partial charge in [0.1, 0.15) is 11.6 Å². The minimum atomic E-state index is -3.89. The highest BCUT2D eigenvalue weighted by atomic mass is 32.2. The number of methoxy groups -OCH3 is 1. The average molecular weight is 613 g/mol. The number of rotatable bonds is 13. The maximum Gasteiger partial charge on any atom is 0.286 e. The van der Waals surface area contributed by atoms with Crippen molar-refractivity contribution >= 4 is 38.3 Å². The van der Waals surface area contributed by atoms with Crippen molar-refractivity contribution in [3.8, 4) is 5.75 Å². The van der Waals surface area contributed by atoms with Crippen LogP contribution in [-0.4, -0.2) is 73.4 Å². The molecule has 0 saturated carbocycles.